The highest BCUT2D eigenvalue weighted by molar-refractivity contribution is 14.0. The quantitative estimate of drug-likeness (QED) is 0.289. The van der Waals surface area contributed by atoms with Crippen molar-refractivity contribution < 1.29 is 9.47 Å². The maximum absolute atomic E-state index is 5.97. The molecule has 1 saturated heterocycles. The maximum atomic E-state index is 5.97. The molecule has 176 valence electrons. The minimum Gasteiger partial charge on any atom is -0.496 e. The first-order valence-electron chi connectivity index (χ1n) is 11.0. The molecule has 1 aliphatic heterocycles. The number of halogens is 1. The molecule has 0 amide bonds. The minimum absolute atomic E-state index is 0. The van der Waals surface area contributed by atoms with Crippen LogP contribution in [-0.2, 0) is 11.3 Å². The van der Waals surface area contributed by atoms with Gasteiger partial charge in [-0.2, -0.15) is 0 Å². The zero-order valence-corrected chi connectivity index (χ0v) is 22.0. The number of hydrogen-bond acceptors (Lipinski definition) is 4. The van der Waals surface area contributed by atoms with Crippen LogP contribution in [0.3, 0.4) is 0 Å². The van der Waals surface area contributed by atoms with Gasteiger partial charge in [0.25, 0.3) is 0 Å². The Bertz CT molecular complexity index is 832. The van der Waals surface area contributed by atoms with E-state index < -0.39 is 0 Å². The lowest BCUT2D eigenvalue weighted by molar-refractivity contribution is 0.0906. The molecule has 1 aliphatic rings. The zero-order chi connectivity index (χ0) is 22.1. The Morgan fingerprint density at radius 2 is 1.88 bits per heavy atom. The molecule has 0 aliphatic carbocycles. The number of rotatable bonds is 9. The first kappa shape index (κ1) is 26.4. The lowest BCUT2D eigenvalue weighted by atomic mass is 10.0. The number of nitrogens with zero attached hydrogens (tertiary/aromatic N) is 3. The van der Waals surface area contributed by atoms with E-state index in [9.17, 15) is 0 Å². The molecule has 0 spiro atoms. The van der Waals surface area contributed by atoms with E-state index in [-0.39, 0.29) is 30.0 Å². The van der Waals surface area contributed by atoms with Crippen LogP contribution >= 0.6 is 24.0 Å². The smallest absolute Gasteiger partial charge is 0.193 e. The molecule has 2 aromatic rings. The van der Waals surface area contributed by atoms with Crippen molar-refractivity contribution in [1.82, 2.24) is 15.1 Å². The summed E-state index contributed by atoms with van der Waals surface area (Å²) >= 11 is 0. The molecule has 0 aromatic heterocycles. The number of benzene rings is 2. The lowest BCUT2D eigenvalue weighted by Gasteiger charge is -2.29. The predicted octanol–water partition coefficient (Wildman–Crippen LogP) is 4.03. The molecule has 2 aromatic carbocycles. The number of methoxy groups -OCH3 is 1. The molecule has 32 heavy (non-hydrogen) atoms. The summed E-state index contributed by atoms with van der Waals surface area (Å²) in [6, 6.07) is 18.7. The molecule has 1 N–H and O–H groups in total. The van der Waals surface area contributed by atoms with Gasteiger partial charge in [0, 0.05) is 38.2 Å². The summed E-state index contributed by atoms with van der Waals surface area (Å²) in [5.41, 5.74) is 2.40. The molecule has 0 radical (unpaired) electrons. The van der Waals surface area contributed by atoms with Crippen molar-refractivity contribution in [3.05, 3.63) is 65.7 Å². The van der Waals surface area contributed by atoms with Gasteiger partial charge in [0.1, 0.15) is 5.75 Å². The highest BCUT2D eigenvalue weighted by Crippen LogP contribution is 2.27. The molecule has 2 atom stereocenters. The van der Waals surface area contributed by atoms with Gasteiger partial charge in [-0.05, 0) is 32.1 Å². The molecule has 0 saturated carbocycles. The van der Waals surface area contributed by atoms with E-state index in [1.807, 2.05) is 25.2 Å². The van der Waals surface area contributed by atoms with Gasteiger partial charge in [0.2, 0.25) is 0 Å². The molecule has 7 heteroatoms. The van der Waals surface area contributed by atoms with Crippen molar-refractivity contribution >= 4 is 29.9 Å². The van der Waals surface area contributed by atoms with Gasteiger partial charge in [-0.15, -0.1) is 24.0 Å². The fraction of sp³-hybridized carbons (Fsp3) is 0.480. The van der Waals surface area contributed by atoms with E-state index in [2.05, 4.69) is 70.6 Å². The number of ether oxygens (including phenoxy) is 2. The third-order valence-electron chi connectivity index (χ3n) is 5.84. The average molecular weight is 553 g/mol. The van der Waals surface area contributed by atoms with Crippen molar-refractivity contribution in [3.63, 3.8) is 0 Å². The third kappa shape index (κ3) is 7.35. The van der Waals surface area contributed by atoms with Crippen molar-refractivity contribution in [2.24, 2.45) is 10.9 Å². The van der Waals surface area contributed by atoms with Crippen LogP contribution in [0.15, 0.2) is 59.6 Å². The van der Waals surface area contributed by atoms with Crippen LogP contribution in [0.25, 0.3) is 0 Å². The van der Waals surface area contributed by atoms with Crippen LogP contribution in [0.2, 0.25) is 0 Å². The van der Waals surface area contributed by atoms with E-state index in [1.54, 1.807) is 7.11 Å². The second kappa shape index (κ2) is 13.6. The van der Waals surface area contributed by atoms with Crippen LogP contribution in [-0.4, -0.2) is 70.3 Å². The Hall–Kier alpha value is -1.84. The Morgan fingerprint density at radius 1 is 1.16 bits per heavy atom. The standard InChI is InChI=1S/C25H36N4O2.HI/c1-26-25(27-16-23(28(2)3)22-12-8-9-13-24(22)30-4)29-15-14-21(17-29)19-31-18-20-10-6-5-7-11-20;/h5-13,21,23H,14-19H2,1-4H3,(H,26,27);1H. The molecule has 1 heterocycles. The number of aliphatic imine (C=N–C) groups is 1. The number of likely N-dealkylation sites (tertiary alicyclic amines) is 1. The topological polar surface area (TPSA) is 49.3 Å². The minimum atomic E-state index is 0. The van der Waals surface area contributed by atoms with Gasteiger partial charge >= 0.3 is 0 Å². The largest absolute Gasteiger partial charge is 0.496 e. The summed E-state index contributed by atoms with van der Waals surface area (Å²) in [6.45, 7) is 4.18. The van der Waals surface area contributed by atoms with Crippen LogP contribution in [0.4, 0.5) is 0 Å². The van der Waals surface area contributed by atoms with Gasteiger partial charge in [-0.1, -0.05) is 48.5 Å². The Labute approximate surface area is 210 Å². The van der Waals surface area contributed by atoms with Crippen molar-refractivity contribution in [2.45, 2.75) is 19.1 Å². The Balaban J connectivity index is 0.00000363. The first-order valence-corrected chi connectivity index (χ1v) is 11.0. The molecule has 1 fully saturated rings. The van der Waals surface area contributed by atoms with Gasteiger partial charge in [0.05, 0.1) is 26.4 Å². The highest BCUT2D eigenvalue weighted by Gasteiger charge is 2.26. The van der Waals surface area contributed by atoms with Gasteiger partial charge in [-0.25, -0.2) is 0 Å². The first-order chi connectivity index (χ1) is 15.1. The summed E-state index contributed by atoms with van der Waals surface area (Å²) in [7, 11) is 7.77. The summed E-state index contributed by atoms with van der Waals surface area (Å²) in [4.78, 5) is 9.09. The van der Waals surface area contributed by atoms with E-state index in [4.69, 9.17) is 9.47 Å². The Kier molecular flexibility index (Phi) is 11.3. The van der Waals surface area contributed by atoms with Crippen molar-refractivity contribution in [1.29, 1.82) is 0 Å². The molecular formula is C25H37IN4O2. The molecular weight excluding hydrogens is 515 g/mol. The third-order valence-corrected chi connectivity index (χ3v) is 5.84. The monoisotopic (exact) mass is 552 g/mol. The fourth-order valence-electron chi connectivity index (χ4n) is 4.11. The van der Waals surface area contributed by atoms with E-state index in [0.29, 0.717) is 12.5 Å². The highest BCUT2D eigenvalue weighted by atomic mass is 127. The summed E-state index contributed by atoms with van der Waals surface area (Å²) in [5.74, 6) is 2.39. The van der Waals surface area contributed by atoms with Crippen LogP contribution in [0.1, 0.15) is 23.6 Å². The Morgan fingerprint density at radius 3 is 2.56 bits per heavy atom. The number of likely N-dealkylation sites (N-methyl/N-ethyl adjacent to an activating group) is 1. The molecule has 2 unspecified atom stereocenters. The normalized spacial score (nSPS) is 17.2. The maximum Gasteiger partial charge on any atom is 0.193 e. The van der Waals surface area contributed by atoms with Crippen LogP contribution in [0.5, 0.6) is 5.75 Å². The van der Waals surface area contributed by atoms with Gasteiger partial charge in [-0.3, -0.25) is 4.99 Å². The van der Waals surface area contributed by atoms with E-state index >= 15 is 0 Å². The number of guanidine groups is 1. The van der Waals surface area contributed by atoms with Crippen molar-refractivity contribution in [3.8, 4) is 5.75 Å². The lowest BCUT2D eigenvalue weighted by Crippen LogP contribution is -2.43. The number of nitrogens with one attached hydrogen (secondary N) is 1. The molecule has 6 nitrogen and oxygen atoms in total. The van der Waals surface area contributed by atoms with Gasteiger partial charge in [0.15, 0.2) is 5.96 Å². The van der Waals surface area contributed by atoms with Gasteiger partial charge < -0.3 is 24.6 Å². The average Bonchev–Trinajstić information content (AvgIpc) is 3.26. The zero-order valence-electron chi connectivity index (χ0n) is 19.7. The summed E-state index contributed by atoms with van der Waals surface area (Å²) < 4.78 is 11.6. The second-order valence-electron chi connectivity index (χ2n) is 8.25. The van der Waals surface area contributed by atoms with E-state index in [1.165, 1.54) is 11.1 Å². The summed E-state index contributed by atoms with van der Waals surface area (Å²) in [6.07, 6.45) is 1.12. The fourth-order valence-corrected chi connectivity index (χ4v) is 4.11. The van der Waals surface area contributed by atoms with Crippen LogP contribution < -0.4 is 10.1 Å². The predicted molar refractivity (Wildman–Crippen MR) is 142 cm³/mol. The van der Waals surface area contributed by atoms with E-state index in [0.717, 1.165) is 44.4 Å². The van der Waals surface area contributed by atoms with Crippen molar-refractivity contribution in [2.75, 3.05) is 54.5 Å². The number of para-hydroxylation sites is 1. The SMILES string of the molecule is CN=C(NCC(c1ccccc1OC)N(C)C)N1CCC(COCc2ccccc2)C1.I. The van der Waals surface area contributed by atoms with Crippen LogP contribution in [0, 0.1) is 5.92 Å². The number of hydrogen-bond donors (Lipinski definition) is 1. The second-order valence-corrected chi connectivity index (χ2v) is 8.25. The molecule has 0 bridgehead atoms. The molecule has 3 rings (SSSR count). The summed E-state index contributed by atoms with van der Waals surface area (Å²) in [5, 5.41) is 3.58.